The van der Waals surface area contributed by atoms with Crippen LogP contribution in [0.5, 0.6) is 11.5 Å². The molecule has 31 heavy (non-hydrogen) atoms. The van der Waals surface area contributed by atoms with Gasteiger partial charge in [0.25, 0.3) is 0 Å². The van der Waals surface area contributed by atoms with Crippen LogP contribution in [0.3, 0.4) is 0 Å². The molecule has 0 saturated carbocycles. The Balaban J connectivity index is 0.000000447. The summed E-state index contributed by atoms with van der Waals surface area (Å²) in [6.07, 6.45) is 10.3. The normalized spacial score (nSPS) is 13.0. The fraction of sp³-hybridized carbons (Fsp3) is 0.333. The minimum absolute atomic E-state index is 0.175. The minimum atomic E-state index is 0.175. The number of hydrogen-bond acceptors (Lipinski definition) is 4. The van der Waals surface area contributed by atoms with E-state index in [0.717, 1.165) is 40.4 Å². The molecule has 0 aromatic heterocycles. The molecule has 168 valence electrons. The predicted molar refractivity (Wildman–Crippen MR) is 137 cm³/mol. The molecule has 0 spiro atoms. The Kier molecular flexibility index (Phi) is 13.0. The average Bonchev–Trinajstić information content (AvgIpc) is 3.00. The molecule has 1 N–H and O–H groups in total. The maximum absolute atomic E-state index is 6.07. The van der Waals surface area contributed by atoms with E-state index in [9.17, 15) is 0 Å². The van der Waals surface area contributed by atoms with Crippen LogP contribution < -0.4 is 14.8 Å². The number of rotatable bonds is 6. The van der Waals surface area contributed by atoms with Gasteiger partial charge in [0.05, 0.1) is 13.2 Å². The van der Waals surface area contributed by atoms with Crippen molar-refractivity contribution in [2.75, 3.05) is 7.11 Å². The highest BCUT2D eigenvalue weighted by Crippen LogP contribution is 2.34. The number of thiol groups is 1. The number of hydrogen-bond donors (Lipinski definition) is 2. The second-order valence-electron chi connectivity index (χ2n) is 6.85. The zero-order valence-electron chi connectivity index (χ0n) is 19.7. The summed E-state index contributed by atoms with van der Waals surface area (Å²) in [5.41, 5.74) is 3.48. The third-order valence-electron chi connectivity index (χ3n) is 4.45. The van der Waals surface area contributed by atoms with Crippen molar-refractivity contribution in [3.63, 3.8) is 0 Å². The Morgan fingerprint density at radius 1 is 1.03 bits per heavy atom. The molecule has 1 aliphatic heterocycles. The van der Waals surface area contributed by atoms with E-state index in [1.54, 1.807) is 7.11 Å². The zero-order chi connectivity index (χ0) is 23.1. The van der Waals surface area contributed by atoms with E-state index < -0.39 is 0 Å². The van der Waals surface area contributed by atoms with Crippen molar-refractivity contribution in [1.82, 2.24) is 5.32 Å². The van der Waals surface area contributed by atoms with Crippen LogP contribution in [-0.2, 0) is 0 Å². The van der Waals surface area contributed by atoms with Gasteiger partial charge in [0.2, 0.25) is 0 Å². The van der Waals surface area contributed by atoms with E-state index >= 15 is 0 Å². The third-order valence-corrected chi connectivity index (χ3v) is 4.74. The Bertz CT molecular complexity index is 857. The van der Waals surface area contributed by atoms with Gasteiger partial charge in [0, 0.05) is 22.9 Å². The first-order valence-electron chi connectivity index (χ1n) is 10.9. The standard InChI is InChI=1S/C19H25NO2.C6H6S.C2H6/c1-5-7-15(3)22-19-12-16(9-10-18(19)21-4)17-13-20-11-6-8-14(17)2;7-6-4-2-1-3-5-6;1-2/h6,8-13,15,20H,5,7H2,1-4H3;1-5,7H;1-2H3. The summed E-state index contributed by atoms with van der Waals surface area (Å²) < 4.78 is 11.5. The van der Waals surface area contributed by atoms with E-state index in [0.29, 0.717) is 0 Å². The van der Waals surface area contributed by atoms with Gasteiger partial charge < -0.3 is 14.8 Å². The number of allylic oxidation sites excluding steroid dienone is 4. The first-order valence-corrected chi connectivity index (χ1v) is 11.4. The van der Waals surface area contributed by atoms with Crippen LogP contribution in [0.2, 0.25) is 0 Å². The third kappa shape index (κ3) is 9.39. The van der Waals surface area contributed by atoms with Gasteiger partial charge in [-0.15, -0.1) is 12.6 Å². The van der Waals surface area contributed by atoms with E-state index in [1.165, 1.54) is 5.57 Å². The molecule has 1 atom stereocenters. The number of nitrogens with one attached hydrogen (secondary N) is 1. The minimum Gasteiger partial charge on any atom is -0.493 e. The smallest absolute Gasteiger partial charge is 0.162 e. The monoisotopic (exact) mass is 439 g/mol. The largest absolute Gasteiger partial charge is 0.493 e. The molecule has 2 aromatic rings. The summed E-state index contributed by atoms with van der Waals surface area (Å²) in [6.45, 7) is 10.4. The number of methoxy groups -OCH3 is 1. The topological polar surface area (TPSA) is 30.5 Å². The Hall–Kier alpha value is -2.59. The molecule has 0 bridgehead atoms. The number of benzene rings is 2. The Labute approximate surface area is 194 Å². The fourth-order valence-corrected chi connectivity index (χ4v) is 3.11. The average molecular weight is 440 g/mol. The highest BCUT2D eigenvalue weighted by molar-refractivity contribution is 7.80. The maximum atomic E-state index is 6.07. The molecule has 0 fully saturated rings. The molecule has 1 heterocycles. The predicted octanol–water partition coefficient (Wildman–Crippen LogP) is 7.67. The van der Waals surface area contributed by atoms with Crippen LogP contribution in [0.15, 0.2) is 83.6 Å². The van der Waals surface area contributed by atoms with Crippen molar-refractivity contribution < 1.29 is 9.47 Å². The summed E-state index contributed by atoms with van der Waals surface area (Å²) in [4.78, 5) is 1.02. The van der Waals surface area contributed by atoms with Gasteiger partial charge in [0.15, 0.2) is 11.5 Å². The van der Waals surface area contributed by atoms with Crippen LogP contribution in [-0.4, -0.2) is 13.2 Å². The van der Waals surface area contributed by atoms with E-state index in [4.69, 9.17) is 9.47 Å². The van der Waals surface area contributed by atoms with Crippen molar-refractivity contribution in [2.45, 2.75) is 58.5 Å². The summed E-state index contributed by atoms with van der Waals surface area (Å²) in [5, 5.41) is 3.17. The molecule has 3 rings (SSSR count). The molecule has 3 nitrogen and oxygen atoms in total. The quantitative estimate of drug-likeness (QED) is 0.453. The summed E-state index contributed by atoms with van der Waals surface area (Å²) in [7, 11) is 1.67. The van der Waals surface area contributed by atoms with Crippen molar-refractivity contribution >= 4 is 18.2 Å². The van der Waals surface area contributed by atoms with Crippen molar-refractivity contribution in [3.05, 3.63) is 84.2 Å². The van der Waals surface area contributed by atoms with Crippen LogP contribution in [0.4, 0.5) is 0 Å². The van der Waals surface area contributed by atoms with Crippen LogP contribution in [0, 0.1) is 0 Å². The van der Waals surface area contributed by atoms with Gasteiger partial charge in [-0.3, -0.25) is 0 Å². The van der Waals surface area contributed by atoms with E-state index in [1.807, 2.05) is 68.7 Å². The lowest BCUT2D eigenvalue weighted by Gasteiger charge is -2.18. The molecule has 2 aromatic carbocycles. The first kappa shape index (κ1) is 26.4. The lowest BCUT2D eigenvalue weighted by Crippen LogP contribution is -2.12. The molecule has 0 radical (unpaired) electrons. The maximum Gasteiger partial charge on any atom is 0.162 e. The van der Waals surface area contributed by atoms with Crippen molar-refractivity contribution in [1.29, 1.82) is 0 Å². The molecule has 1 aliphatic rings. The van der Waals surface area contributed by atoms with Gasteiger partial charge in [0.1, 0.15) is 0 Å². The summed E-state index contributed by atoms with van der Waals surface area (Å²) in [5.74, 6) is 1.57. The van der Waals surface area contributed by atoms with Crippen molar-refractivity contribution in [2.24, 2.45) is 0 Å². The van der Waals surface area contributed by atoms with Crippen LogP contribution in [0.25, 0.3) is 5.57 Å². The van der Waals surface area contributed by atoms with Crippen LogP contribution >= 0.6 is 12.6 Å². The number of ether oxygens (including phenoxy) is 2. The lowest BCUT2D eigenvalue weighted by molar-refractivity contribution is 0.201. The zero-order valence-corrected chi connectivity index (χ0v) is 20.6. The highest BCUT2D eigenvalue weighted by Gasteiger charge is 2.13. The van der Waals surface area contributed by atoms with Crippen LogP contribution in [0.1, 0.15) is 53.0 Å². The van der Waals surface area contributed by atoms with E-state index in [-0.39, 0.29) is 6.10 Å². The van der Waals surface area contributed by atoms with Gasteiger partial charge in [-0.2, -0.15) is 0 Å². The molecular formula is C27H37NO2S. The lowest BCUT2D eigenvalue weighted by atomic mass is 9.99. The summed E-state index contributed by atoms with van der Waals surface area (Å²) >= 11 is 4.08. The first-order chi connectivity index (χ1) is 15.0. The molecule has 0 aliphatic carbocycles. The van der Waals surface area contributed by atoms with Gasteiger partial charge in [-0.1, -0.05) is 57.5 Å². The molecule has 1 unspecified atom stereocenters. The van der Waals surface area contributed by atoms with Crippen molar-refractivity contribution in [3.8, 4) is 11.5 Å². The second-order valence-corrected chi connectivity index (χ2v) is 7.37. The molecular weight excluding hydrogens is 402 g/mol. The summed E-state index contributed by atoms with van der Waals surface area (Å²) in [6, 6.07) is 15.9. The Morgan fingerprint density at radius 3 is 2.32 bits per heavy atom. The highest BCUT2D eigenvalue weighted by atomic mass is 32.1. The SMILES string of the molecule is CC.CCCC(C)Oc1cc(C2=CNC=CC=C2C)ccc1OC.Sc1ccccc1. The molecule has 0 amide bonds. The van der Waals surface area contributed by atoms with E-state index in [2.05, 4.69) is 56.9 Å². The van der Waals surface area contributed by atoms with Gasteiger partial charge in [-0.05, 0) is 61.7 Å². The van der Waals surface area contributed by atoms with Gasteiger partial charge >= 0.3 is 0 Å². The Morgan fingerprint density at radius 2 is 1.74 bits per heavy atom. The second kappa shape index (κ2) is 15.2. The molecule has 4 heteroatoms. The van der Waals surface area contributed by atoms with Gasteiger partial charge in [-0.25, -0.2) is 0 Å². The fourth-order valence-electron chi connectivity index (χ4n) is 2.94. The molecule has 0 saturated heterocycles.